The second-order valence-electron chi connectivity index (χ2n) is 4.03. The van der Waals surface area contributed by atoms with Crippen molar-refractivity contribution in [3.63, 3.8) is 0 Å². The van der Waals surface area contributed by atoms with Gasteiger partial charge < -0.3 is 14.6 Å². The van der Waals surface area contributed by atoms with Gasteiger partial charge in [-0.05, 0) is 29.8 Å². The Labute approximate surface area is 120 Å². The Balaban J connectivity index is 2.51. The minimum atomic E-state index is -0.802. The Morgan fingerprint density at radius 3 is 2.11 bits per heavy atom. The number of aliphatic hydroxyl groups is 1. The van der Waals surface area contributed by atoms with Crippen LogP contribution < -0.4 is 9.47 Å². The fourth-order valence-electron chi connectivity index (χ4n) is 1.99. The van der Waals surface area contributed by atoms with Crippen LogP contribution >= 0.6 is 15.9 Å². The number of ether oxygens (including phenoxy) is 2. The topological polar surface area (TPSA) is 38.7 Å². The van der Waals surface area contributed by atoms with E-state index in [0.29, 0.717) is 17.1 Å². The highest BCUT2D eigenvalue weighted by Gasteiger charge is 2.20. The zero-order chi connectivity index (χ0) is 13.8. The summed E-state index contributed by atoms with van der Waals surface area (Å²) in [5, 5.41) is 10.6. The summed E-state index contributed by atoms with van der Waals surface area (Å²) in [5.41, 5.74) is 1.41. The van der Waals surface area contributed by atoms with Crippen LogP contribution in [0.4, 0.5) is 0 Å². The highest BCUT2D eigenvalue weighted by molar-refractivity contribution is 9.10. The molecule has 0 amide bonds. The molecule has 0 bridgehead atoms. The predicted octanol–water partition coefficient (Wildman–Crippen LogP) is 3.55. The number of halogens is 1. The van der Waals surface area contributed by atoms with Gasteiger partial charge in [-0.1, -0.05) is 34.1 Å². The average molecular weight is 323 g/mol. The number of aliphatic hydroxyl groups excluding tert-OH is 1. The molecule has 1 N–H and O–H groups in total. The van der Waals surface area contributed by atoms with Crippen LogP contribution in [0.2, 0.25) is 0 Å². The molecule has 0 aliphatic carbocycles. The summed E-state index contributed by atoms with van der Waals surface area (Å²) < 4.78 is 11.5. The van der Waals surface area contributed by atoms with Gasteiger partial charge in [-0.2, -0.15) is 0 Å². The molecule has 1 atom stereocenters. The van der Waals surface area contributed by atoms with E-state index in [1.54, 1.807) is 26.4 Å². The summed E-state index contributed by atoms with van der Waals surface area (Å²) in [7, 11) is 3.15. The second-order valence-corrected chi connectivity index (χ2v) is 4.95. The van der Waals surface area contributed by atoms with Crippen molar-refractivity contribution in [3.05, 3.63) is 58.1 Å². The largest absolute Gasteiger partial charge is 0.496 e. The normalized spacial score (nSPS) is 12.0. The molecule has 2 rings (SSSR count). The van der Waals surface area contributed by atoms with Crippen LogP contribution in [-0.2, 0) is 0 Å². The third-order valence-electron chi connectivity index (χ3n) is 2.90. The van der Waals surface area contributed by atoms with Gasteiger partial charge in [0.25, 0.3) is 0 Å². The molecule has 100 valence electrons. The molecule has 2 aromatic carbocycles. The maximum absolute atomic E-state index is 10.6. The Morgan fingerprint density at radius 2 is 1.58 bits per heavy atom. The molecule has 0 spiro atoms. The summed E-state index contributed by atoms with van der Waals surface area (Å²) in [6, 6.07) is 13.0. The van der Waals surface area contributed by atoms with Gasteiger partial charge in [0.2, 0.25) is 0 Å². The van der Waals surface area contributed by atoms with E-state index < -0.39 is 6.10 Å². The first-order valence-corrected chi connectivity index (χ1v) is 6.61. The van der Waals surface area contributed by atoms with Gasteiger partial charge in [-0.25, -0.2) is 0 Å². The van der Waals surface area contributed by atoms with Gasteiger partial charge in [-0.3, -0.25) is 0 Å². The van der Waals surface area contributed by atoms with E-state index in [-0.39, 0.29) is 0 Å². The molecule has 4 heteroatoms. The quantitative estimate of drug-likeness (QED) is 0.935. The Hall–Kier alpha value is -1.52. The lowest BCUT2D eigenvalue weighted by Gasteiger charge is -2.18. The smallest absolute Gasteiger partial charge is 0.128 e. The highest BCUT2D eigenvalue weighted by atomic mass is 79.9. The highest BCUT2D eigenvalue weighted by Crippen LogP contribution is 2.37. The number of methoxy groups -OCH3 is 2. The molecule has 0 radical (unpaired) electrons. The SMILES string of the molecule is COc1cccc(OC)c1C(O)c1cccc(Br)c1. The fourth-order valence-corrected chi connectivity index (χ4v) is 2.41. The van der Waals surface area contributed by atoms with E-state index in [4.69, 9.17) is 9.47 Å². The summed E-state index contributed by atoms with van der Waals surface area (Å²) in [5.74, 6) is 1.21. The van der Waals surface area contributed by atoms with Gasteiger partial charge in [0.05, 0.1) is 19.8 Å². The average Bonchev–Trinajstić information content (AvgIpc) is 2.45. The van der Waals surface area contributed by atoms with Crippen molar-refractivity contribution in [2.45, 2.75) is 6.10 Å². The van der Waals surface area contributed by atoms with Gasteiger partial charge in [0.15, 0.2) is 0 Å². The van der Waals surface area contributed by atoms with Gasteiger partial charge in [-0.15, -0.1) is 0 Å². The molecule has 3 nitrogen and oxygen atoms in total. The van der Waals surface area contributed by atoms with Gasteiger partial charge >= 0.3 is 0 Å². The minimum Gasteiger partial charge on any atom is -0.496 e. The molecule has 1 unspecified atom stereocenters. The van der Waals surface area contributed by atoms with Crippen LogP contribution in [0.5, 0.6) is 11.5 Å². The van der Waals surface area contributed by atoms with E-state index in [9.17, 15) is 5.11 Å². The molecule has 0 aromatic heterocycles. The lowest BCUT2D eigenvalue weighted by Crippen LogP contribution is -2.05. The van der Waals surface area contributed by atoms with Crippen LogP contribution in [0.3, 0.4) is 0 Å². The summed E-state index contributed by atoms with van der Waals surface area (Å²) >= 11 is 3.40. The van der Waals surface area contributed by atoms with Crippen LogP contribution in [0.1, 0.15) is 17.2 Å². The summed E-state index contributed by atoms with van der Waals surface area (Å²) in [4.78, 5) is 0. The van der Waals surface area contributed by atoms with Crippen molar-refractivity contribution in [3.8, 4) is 11.5 Å². The molecule has 0 fully saturated rings. The maximum Gasteiger partial charge on any atom is 0.128 e. The van der Waals surface area contributed by atoms with Crippen molar-refractivity contribution < 1.29 is 14.6 Å². The standard InChI is InChI=1S/C15H15BrO3/c1-18-12-7-4-8-13(19-2)14(12)15(17)10-5-3-6-11(16)9-10/h3-9,15,17H,1-2H3. The van der Waals surface area contributed by atoms with Crippen molar-refractivity contribution in [1.82, 2.24) is 0 Å². The number of benzene rings is 2. The minimum absolute atomic E-state index is 0.604. The number of hydrogen-bond donors (Lipinski definition) is 1. The Kier molecular flexibility index (Phi) is 4.45. The first-order valence-electron chi connectivity index (χ1n) is 5.81. The van der Waals surface area contributed by atoms with E-state index in [1.165, 1.54) is 0 Å². The molecular formula is C15H15BrO3. The monoisotopic (exact) mass is 322 g/mol. The number of rotatable bonds is 4. The molecule has 0 saturated heterocycles. The zero-order valence-corrected chi connectivity index (χ0v) is 12.3. The van der Waals surface area contributed by atoms with Crippen molar-refractivity contribution in [1.29, 1.82) is 0 Å². The molecule has 0 aliphatic rings. The molecule has 0 aliphatic heterocycles. The van der Waals surface area contributed by atoms with Gasteiger partial charge in [0.1, 0.15) is 17.6 Å². The van der Waals surface area contributed by atoms with Crippen molar-refractivity contribution in [2.75, 3.05) is 14.2 Å². The third kappa shape index (κ3) is 2.91. The van der Waals surface area contributed by atoms with E-state index >= 15 is 0 Å². The lowest BCUT2D eigenvalue weighted by atomic mass is 9.99. The summed E-state index contributed by atoms with van der Waals surface area (Å²) in [6.07, 6.45) is -0.802. The van der Waals surface area contributed by atoms with Crippen molar-refractivity contribution >= 4 is 15.9 Å². The zero-order valence-electron chi connectivity index (χ0n) is 10.8. The summed E-state index contributed by atoms with van der Waals surface area (Å²) in [6.45, 7) is 0. The van der Waals surface area contributed by atoms with E-state index in [2.05, 4.69) is 15.9 Å². The van der Waals surface area contributed by atoms with Crippen LogP contribution in [-0.4, -0.2) is 19.3 Å². The predicted molar refractivity (Wildman–Crippen MR) is 77.7 cm³/mol. The van der Waals surface area contributed by atoms with E-state index in [0.717, 1.165) is 10.0 Å². The van der Waals surface area contributed by atoms with Crippen LogP contribution in [0.25, 0.3) is 0 Å². The lowest BCUT2D eigenvalue weighted by molar-refractivity contribution is 0.208. The van der Waals surface area contributed by atoms with Crippen molar-refractivity contribution in [2.24, 2.45) is 0 Å². The molecule has 0 saturated carbocycles. The molecular weight excluding hydrogens is 308 g/mol. The van der Waals surface area contributed by atoms with E-state index in [1.807, 2.05) is 30.3 Å². The molecule has 0 heterocycles. The molecule has 19 heavy (non-hydrogen) atoms. The van der Waals surface area contributed by atoms with Crippen LogP contribution in [0, 0.1) is 0 Å². The Bertz CT molecular complexity index is 547. The Morgan fingerprint density at radius 1 is 1.00 bits per heavy atom. The second kappa shape index (κ2) is 6.08. The number of hydrogen-bond acceptors (Lipinski definition) is 3. The van der Waals surface area contributed by atoms with Crippen LogP contribution in [0.15, 0.2) is 46.9 Å². The molecule has 2 aromatic rings. The maximum atomic E-state index is 10.6. The third-order valence-corrected chi connectivity index (χ3v) is 3.40. The first-order chi connectivity index (χ1) is 9.17. The van der Waals surface area contributed by atoms with Gasteiger partial charge in [0, 0.05) is 4.47 Å². The first kappa shape index (κ1) is 13.9. The fraction of sp³-hybridized carbons (Fsp3) is 0.200.